The van der Waals surface area contributed by atoms with Gasteiger partial charge in [-0.05, 0) is 25.2 Å². The van der Waals surface area contributed by atoms with Crippen LogP contribution in [0.25, 0.3) is 0 Å². The molecule has 3 unspecified atom stereocenters. The minimum Gasteiger partial charge on any atom is -0.481 e. The van der Waals surface area contributed by atoms with E-state index in [-0.39, 0.29) is 24.0 Å². The van der Waals surface area contributed by atoms with E-state index in [0.717, 1.165) is 25.7 Å². The molecule has 0 heterocycles. The van der Waals surface area contributed by atoms with Crippen LogP contribution in [0.2, 0.25) is 0 Å². The van der Waals surface area contributed by atoms with Gasteiger partial charge in [0.05, 0.1) is 0 Å². The average molecular weight is 279 g/mol. The van der Waals surface area contributed by atoms with Crippen LogP contribution in [-0.4, -0.2) is 21.2 Å². The molecule has 0 radical (unpaired) electrons. The Kier molecular flexibility index (Phi) is 3.69. The number of alkyl halides is 2. The number of aliphatic carboxylic acids is 1. The van der Waals surface area contributed by atoms with E-state index in [2.05, 4.69) is 0 Å². The molecule has 5 heteroatoms. The Bertz CT molecular complexity index is 341. The van der Waals surface area contributed by atoms with Crippen molar-refractivity contribution in [3.8, 4) is 0 Å². The van der Waals surface area contributed by atoms with Gasteiger partial charge in [-0.25, -0.2) is 0 Å². The Morgan fingerprint density at radius 1 is 1.35 bits per heavy atom. The molecule has 17 heavy (non-hydrogen) atoms. The standard InChI is InChI=1S/C12H16Cl2O3/c13-12(14)10-7(3-1-2-4-9(15)16)5-6-8(10)11(12)17/h7-8,10H,1-6H2,(H,15,16). The molecule has 2 saturated carbocycles. The summed E-state index contributed by atoms with van der Waals surface area (Å²) >= 11 is 12.1. The Hall–Kier alpha value is -0.280. The number of carboxylic acid groups (broad SMARTS) is 1. The largest absolute Gasteiger partial charge is 0.481 e. The highest BCUT2D eigenvalue weighted by Crippen LogP contribution is 2.60. The lowest BCUT2D eigenvalue weighted by Gasteiger charge is -2.44. The quantitative estimate of drug-likeness (QED) is 0.621. The summed E-state index contributed by atoms with van der Waals surface area (Å²) in [5.41, 5.74) is 0. The summed E-state index contributed by atoms with van der Waals surface area (Å²) in [5.74, 6) is -0.213. The van der Waals surface area contributed by atoms with Crippen LogP contribution >= 0.6 is 23.2 Å². The Morgan fingerprint density at radius 2 is 2.06 bits per heavy atom. The molecule has 2 aliphatic carbocycles. The number of carbonyl (C=O) groups excluding carboxylic acids is 1. The van der Waals surface area contributed by atoms with Crippen molar-refractivity contribution < 1.29 is 14.7 Å². The third kappa shape index (κ3) is 2.32. The summed E-state index contributed by atoms with van der Waals surface area (Å²) in [6.45, 7) is 0. The van der Waals surface area contributed by atoms with E-state index in [9.17, 15) is 9.59 Å². The molecule has 1 N–H and O–H groups in total. The normalized spacial score (nSPS) is 34.2. The van der Waals surface area contributed by atoms with Gasteiger partial charge in [-0.1, -0.05) is 36.0 Å². The van der Waals surface area contributed by atoms with E-state index in [4.69, 9.17) is 28.3 Å². The molecule has 0 aromatic carbocycles. The summed E-state index contributed by atoms with van der Waals surface area (Å²) < 4.78 is -1.17. The predicted octanol–water partition coefficient (Wildman–Crippen LogP) is 3.03. The van der Waals surface area contributed by atoms with Crippen molar-refractivity contribution in [1.29, 1.82) is 0 Å². The van der Waals surface area contributed by atoms with Crippen molar-refractivity contribution in [2.45, 2.75) is 42.9 Å². The van der Waals surface area contributed by atoms with E-state index in [1.165, 1.54) is 0 Å². The van der Waals surface area contributed by atoms with Crippen LogP contribution < -0.4 is 0 Å². The molecule has 2 rings (SSSR count). The molecule has 2 aliphatic rings. The van der Waals surface area contributed by atoms with Gasteiger partial charge in [-0.2, -0.15) is 0 Å². The highest BCUT2D eigenvalue weighted by molar-refractivity contribution is 6.60. The van der Waals surface area contributed by atoms with E-state index >= 15 is 0 Å². The number of halogens is 2. The number of rotatable bonds is 5. The topological polar surface area (TPSA) is 54.4 Å². The summed E-state index contributed by atoms with van der Waals surface area (Å²) in [7, 11) is 0. The van der Waals surface area contributed by atoms with Crippen LogP contribution in [0.3, 0.4) is 0 Å². The SMILES string of the molecule is O=C(O)CCCCC1CCC2C(=O)C(Cl)(Cl)C12. The first-order chi connectivity index (χ1) is 7.94. The molecule has 0 bridgehead atoms. The van der Waals surface area contributed by atoms with Crippen molar-refractivity contribution in [3.05, 3.63) is 0 Å². The molecule has 0 spiro atoms. The molecule has 0 aromatic heterocycles. The van der Waals surface area contributed by atoms with Gasteiger partial charge in [-0.3, -0.25) is 9.59 Å². The number of carboxylic acids is 1. The lowest BCUT2D eigenvalue weighted by Crippen LogP contribution is -2.55. The Labute approximate surface area is 110 Å². The highest BCUT2D eigenvalue weighted by Gasteiger charge is 2.64. The maximum absolute atomic E-state index is 11.6. The molecule has 0 saturated heterocycles. The van der Waals surface area contributed by atoms with Crippen molar-refractivity contribution in [2.24, 2.45) is 17.8 Å². The predicted molar refractivity (Wildman–Crippen MR) is 65.3 cm³/mol. The third-order valence-corrected chi connectivity index (χ3v) is 4.97. The molecule has 2 fully saturated rings. The second kappa shape index (κ2) is 4.77. The van der Waals surface area contributed by atoms with Crippen LogP contribution in [-0.2, 0) is 9.59 Å². The fourth-order valence-corrected chi connectivity index (χ4v) is 4.19. The molecule has 96 valence electrons. The second-order valence-corrected chi connectivity index (χ2v) is 6.48. The minimum absolute atomic E-state index is 0.0149. The number of hydrogen-bond donors (Lipinski definition) is 1. The number of carbonyl (C=O) groups is 2. The van der Waals surface area contributed by atoms with Gasteiger partial charge in [0.2, 0.25) is 0 Å². The fraction of sp³-hybridized carbons (Fsp3) is 0.833. The average Bonchev–Trinajstić information content (AvgIpc) is 2.65. The molecule has 0 amide bonds. The minimum atomic E-state index is -1.17. The highest BCUT2D eigenvalue weighted by atomic mass is 35.5. The van der Waals surface area contributed by atoms with Crippen molar-refractivity contribution in [2.75, 3.05) is 0 Å². The van der Waals surface area contributed by atoms with Gasteiger partial charge < -0.3 is 5.11 Å². The smallest absolute Gasteiger partial charge is 0.303 e. The van der Waals surface area contributed by atoms with Gasteiger partial charge in [-0.15, -0.1) is 0 Å². The number of unbranched alkanes of at least 4 members (excludes halogenated alkanes) is 1. The van der Waals surface area contributed by atoms with E-state index in [1.807, 2.05) is 0 Å². The molecular formula is C12H16Cl2O3. The molecular weight excluding hydrogens is 263 g/mol. The second-order valence-electron chi connectivity index (χ2n) is 5.10. The van der Waals surface area contributed by atoms with Crippen molar-refractivity contribution in [3.63, 3.8) is 0 Å². The van der Waals surface area contributed by atoms with E-state index in [0.29, 0.717) is 12.3 Å². The number of ketones is 1. The molecule has 0 aromatic rings. The first-order valence-electron chi connectivity index (χ1n) is 6.08. The van der Waals surface area contributed by atoms with Gasteiger partial charge in [0.15, 0.2) is 10.1 Å². The molecule has 3 nitrogen and oxygen atoms in total. The number of hydrogen-bond acceptors (Lipinski definition) is 2. The zero-order chi connectivity index (χ0) is 12.6. The van der Waals surface area contributed by atoms with Crippen LogP contribution in [0.15, 0.2) is 0 Å². The van der Waals surface area contributed by atoms with Crippen molar-refractivity contribution in [1.82, 2.24) is 0 Å². The third-order valence-electron chi connectivity index (χ3n) is 4.09. The van der Waals surface area contributed by atoms with Gasteiger partial charge in [0.25, 0.3) is 0 Å². The molecule has 0 aliphatic heterocycles. The zero-order valence-corrected chi connectivity index (χ0v) is 11.0. The van der Waals surface area contributed by atoms with E-state index < -0.39 is 10.3 Å². The van der Waals surface area contributed by atoms with E-state index in [1.54, 1.807) is 0 Å². The van der Waals surface area contributed by atoms with Crippen LogP contribution in [0.1, 0.15) is 38.5 Å². The summed E-state index contributed by atoms with van der Waals surface area (Å²) in [4.78, 5) is 22.0. The lowest BCUT2D eigenvalue weighted by atomic mass is 9.69. The monoisotopic (exact) mass is 278 g/mol. The first kappa shape index (κ1) is 13.2. The summed E-state index contributed by atoms with van der Waals surface area (Å²) in [6, 6.07) is 0. The number of fused-ring (bicyclic) bond motifs is 1. The van der Waals surface area contributed by atoms with Gasteiger partial charge in [0.1, 0.15) is 0 Å². The van der Waals surface area contributed by atoms with Crippen LogP contribution in [0.4, 0.5) is 0 Å². The first-order valence-corrected chi connectivity index (χ1v) is 6.84. The fourth-order valence-electron chi connectivity index (χ4n) is 3.25. The Balaban J connectivity index is 1.80. The summed E-state index contributed by atoms with van der Waals surface area (Å²) in [5, 5.41) is 8.54. The van der Waals surface area contributed by atoms with Crippen LogP contribution in [0, 0.1) is 17.8 Å². The maximum Gasteiger partial charge on any atom is 0.303 e. The van der Waals surface area contributed by atoms with Gasteiger partial charge >= 0.3 is 5.97 Å². The van der Waals surface area contributed by atoms with Crippen molar-refractivity contribution >= 4 is 35.0 Å². The zero-order valence-electron chi connectivity index (χ0n) is 9.49. The molecule has 3 atom stereocenters. The lowest BCUT2D eigenvalue weighted by molar-refractivity contribution is -0.137. The number of Topliss-reactive ketones (excluding diaryl/α,β-unsaturated/α-hetero) is 1. The van der Waals surface area contributed by atoms with Gasteiger partial charge in [0, 0.05) is 18.3 Å². The Morgan fingerprint density at radius 3 is 2.71 bits per heavy atom. The summed E-state index contributed by atoms with van der Waals surface area (Å²) in [6.07, 6.45) is 4.60. The van der Waals surface area contributed by atoms with Crippen LogP contribution in [0.5, 0.6) is 0 Å². The maximum atomic E-state index is 11.6.